The molecule has 214 valence electrons. The van der Waals surface area contributed by atoms with Crippen LogP contribution in [0.15, 0.2) is 164 Å². The van der Waals surface area contributed by atoms with E-state index in [-0.39, 0.29) is 5.41 Å². The van der Waals surface area contributed by atoms with Gasteiger partial charge in [0.25, 0.3) is 0 Å². The summed E-state index contributed by atoms with van der Waals surface area (Å²) in [7, 11) is 0. The first-order chi connectivity index (χ1) is 22.0. The molecule has 0 bridgehead atoms. The molecule has 45 heavy (non-hydrogen) atoms. The number of nitrogens with zero attached hydrogens (tertiary/aromatic N) is 1. The van der Waals surface area contributed by atoms with Crippen LogP contribution in [0.25, 0.3) is 67.0 Å². The summed E-state index contributed by atoms with van der Waals surface area (Å²) in [5, 5.41) is 0. The lowest BCUT2D eigenvalue weighted by atomic mass is 9.82. The van der Waals surface area contributed by atoms with Gasteiger partial charge in [0.1, 0.15) is 0 Å². The van der Waals surface area contributed by atoms with E-state index in [1.165, 1.54) is 50.1 Å². The molecule has 0 atom stereocenters. The SMILES string of the molecule is CC1(C)c2ccccc2-c2cc(-c3ccc(-c4ccc(-c5cc(-c6ccccc6)cc(-c6ccccc6)n5)cc4)cc3)ccc21. The summed E-state index contributed by atoms with van der Waals surface area (Å²) >= 11 is 0. The largest absolute Gasteiger partial charge is 0.248 e. The summed E-state index contributed by atoms with van der Waals surface area (Å²) in [6.45, 7) is 4.66. The summed E-state index contributed by atoms with van der Waals surface area (Å²) in [5.74, 6) is 0. The fourth-order valence-electron chi connectivity index (χ4n) is 6.82. The minimum absolute atomic E-state index is 0.0297. The van der Waals surface area contributed by atoms with Crippen molar-refractivity contribution in [2.24, 2.45) is 0 Å². The highest BCUT2D eigenvalue weighted by Crippen LogP contribution is 2.49. The van der Waals surface area contributed by atoms with E-state index in [0.717, 1.165) is 28.1 Å². The number of hydrogen-bond acceptors (Lipinski definition) is 1. The average Bonchev–Trinajstić information content (AvgIpc) is 3.34. The zero-order valence-corrected chi connectivity index (χ0v) is 25.5. The molecule has 7 aromatic rings. The third kappa shape index (κ3) is 4.87. The smallest absolute Gasteiger partial charge is 0.0715 e. The lowest BCUT2D eigenvalue weighted by Crippen LogP contribution is -2.14. The molecule has 1 aliphatic rings. The molecule has 0 fully saturated rings. The van der Waals surface area contributed by atoms with Crippen LogP contribution < -0.4 is 0 Å². The summed E-state index contributed by atoms with van der Waals surface area (Å²) in [6.07, 6.45) is 0. The Bertz CT molecular complexity index is 2080. The third-order valence-corrected chi connectivity index (χ3v) is 9.32. The van der Waals surface area contributed by atoms with Crippen molar-refractivity contribution in [2.45, 2.75) is 19.3 Å². The molecule has 0 amide bonds. The van der Waals surface area contributed by atoms with Gasteiger partial charge < -0.3 is 0 Å². The lowest BCUT2D eigenvalue weighted by molar-refractivity contribution is 0.660. The van der Waals surface area contributed by atoms with Gasteiger partial charge in [-0.1, -0.05) is 159 Å². The highest BCUT2D eigenvalue weighted by Gasteiger charge is 2.35. The van der Waals surface area contributed by atoms with E-state index in [1.807, 2.05) is 6.07 Å². The molecule has 0 saturated carbocycles. The molecule has 6 aromatic carbocycles. The van der Waals surface area contributed by atoms with Crippen molar-refractivity contribution in [1.82, 2.24) is 4.98 Å². The maximum Gasteiger partial charge on any atom is 0.0715 e. The molecule has 1 heteroatoms. The van der Waals surface area contributed by atoms with Crippen LogP contribution in [-0.2, 0) is 5.41 Å². The number of fused-ring (bicyclic) bond motifs is 3. The monoisotopic (exact) mass is 575 g/mol. The second kappa shape index (κ2) is 10.9. The van der Waals surface area contributed by atoms with Crippen LogP contribution in [0.4, 0.5) is 0 Å². The molecule has 8 rings (SSSR count). The maximum absolute atomic E-state index is 5.09. The number of aromatic nitrogens is 1. The molecule has 1 aromatic heterocycles. The molecule has 0 N–H and O–H groups in total. The number of hydrogen-bond donors (Lipinski definition) is 0. The Morgan fingerprint density at radius 1 is 0.333 bits per heavy atom. The molecule has 0 saturated heterocycles. The first-order valence-corrected chi connectivity index (χ1v) is 15.6. The van der Waals surface area contributed by atoms with Gasteiger partial charge in [-0.15, -0.1) is 0 Å². The van der Waals surface area contributed by atoms with Crippen LogP contribution in [0.2, 0.25) is 0 Å². The molecule has 1 aliphatic carbocycles. The minimum Gasteiger partial charge on any atom is -0.248 e. The van der Waals surface area contributed by atoms with Crippen molar-refractivity contribution in [2.75, 3.05) is 0 Å². The second-order valence-electron chi connectivity index (χ2n) is 12.4. The molecule has 0 unspecified atom stereocenters. The zero-order chi connectivity index (χ0) is 30.4. The molecule has 0 aliphatic heterocycles. The quantitative estimate of drug-likeness (QED) is 0.199. The molecule has 1 nitrogen and oxygen atoms in total. The Morgan fingerprint density at radius 3 is 1.38 bits per heavy atom. The fraction of sp³-hybridized carbons (Fsp3) is 0.0682. The second-order valence-corrected chi connectivity index (χ2v) is 12.4. The number of pyridine rings is 1. The van der Waals surface area contributed by atoms with Crippen molar-refractivity contribution < 1.29 is 0 Å². The zero-order valence-electron chi connectivity index (χ0n) is 25.5. The molecular formula is C44H33N. The molecular weight excluding hydrogens is 542 g/mol. The van der Waals surface area contributed by atoms with E-state index >= 15 is 0 Å². The van der Waals surface area contributed by atoms with Crippen LogP contribution in [0.1, 0.15) is 25.0 Å². The summed E-state index contributed by atoms with van der Waals surface area (Å²) in [4.78, 5) is 5.09. The fourth-order valence-corrected chi connectivity index (χ4v) is 6.82. The highest BCUT2D eigenvalue weighted by molar-refractivity contribution is 5.85. The van der Waals surface area contributed by atoms with Gasteiger partial charge in [-0.3, -0.25) is 0 Å². The predicted octanol–water partition coefficient (Wildman–Crippen LogP) is 11.7. The van der Waals surface area contributed by atoms with E-state index in [1.54, 1.807) is 0 Å². The summed E-state index contributed by atoms with van der Waals surface area (Å²) in [6, 6.07) is 58.9. The first kappa shape index (κ1) is 27.0. The van der Waals surface area contributed by atoms with Crippen LogP contribution in [0.3, 0.4) is 0 Å². The summed E-state index contributed by atoms with van der Waals surface area (Å²) < 4.78 is 0. The number of rotatable bonds is 5. The lowest BCUT2D eigenvalue weighted by Gasteiger charge is -2.21. The van der Waals surface area contributed by atoms with E-state index in [2.05, 4.69) is 172 Å². The standard InChI is InChI=1S/C44H33N/c1-44(2)40-16-10-9-15-38(40)39-27-36(25-26-41(39)44)33-19-17-31(18-20-33)32-21-23-35(24-22-32)43-29-37(30-11-5-3-6-12-30)28-42(45-43)34-13-7-4-8-14-34/h3-29H,1-2H3. The van der Waals surface area contributed by atoms with Crippen molar-refractivity contribution in [3.8, 4) is 67.0 Å². The third-order valence-electron chi connectivity index (χ3n) is 9.32. The Labute approximate surface area is 265 Å². The van der Waals surface area contributed by atoms with Gasteiger partial charge in [-0.25, -0.2) is 4.98 Å². The van der Waals surface area contributed by atoms with E-state index in [4.69, 9.17) is 4.98 Å². The van der Waals surface area contributed by atoms with E-state index in [0.29, 0.717) is 0 Å². The molecule has 0 radical (unpaired) electrons. The van der Waals surface area contributed by atoms with Gasteiger partial charge in [0.2, 0.25) is 0 Å². The maximum atomic E-state index is 5.09. The van der Waals surface area contributed by atoms with Crippen molar-refractivity contribution in [1.29, 1.82) is 0 Å². The van der Waals surface area contributed by atoms with Crippen LogP contribution in [-0.4, -0.2) is 4.98 Å². The van der Waals surface area contributed by atoms with Crippen molar-refractivity contribution in [3.63, 3.8) is 0 Å². The van der Waals surface area contributed by atoms with Gasteiger partial charge in [-0.2, -0.15) is 0 Å². The van der Waals surface area contributed by atoms with Gasteiger partial charge >= 0.3 is 0 Å². The van der Waals surface area contributed by atoms with Gasteiger partial charge in [0.05, 0.1) is 11.4 Å². The molecule has 1 heterocycles. The van der Waals surface area contributed by atoms with Gasteiger partial charge in [0.15, 0.2) is 0 Å². The van der Waals surface area contributed by atoms with Crippen molar-refractivity contribution in [3.05, 3.63) is 175 Å². The topological polar surface area (TPSA) is 12.9 Å². The predicted molar refractivity (Wildman–Crippen MR) is 189 cm³/mol. The highest BCUT2D eigenvalue weighted by atomic mass is 14.7. The molecule has 0 spiro atoms. The van der Waals surface area contributed by atoms with E-state index < -0.39 is 0 Å². The Kier molecular flexibility index (Phi) is 6.54. The van der Waals surface area contributed by atoms with Gasteiger partial charge in [-0.05, 0) is 73.8 Å². The Hall–Kier alpha value is -5.53. The van der Waals surface area contributed by atoms with E-state index in [9.17, 15) is 0 Å². The minimum atomic E-state index is 0.0297. The van der Waals surface area contributed by atoms with Crippen LogP contribution in [0.5, 0.6) is 0 Å². The van der Waals surface area contributed by atoms with Crippen LogP contribution >= 0.6 is 0 Å². The summed E-state index contributed by atoms with van der Waals surface area (Å²) in [5.41, 5.74) is 17.0. The Morgan fingerprint density at radius 2 is 0.756 bits per heavy atom. The van der Waals surface area contributed by atoms with Crippen molar-refractivity contribution >= 4 is 0 Å². The first-order valence-electron chi connectivity index (χ1n) is 15.6. The number of benzene rings is 6. The normalized spacial score (nSPS) is 12.8. The Balaban J connectivity index is 1.09. The average molecular weight is 576 g/mol. The van der Waals surface area contributed by atoms with Gasteiger partial charge in [0, 0.05) is 16.5 Å². The van der Waals surface area contributed by atoms with Crippen LogP contribution in [0, 0.1) is 0 Å².